The van der Waals surface area contributed by atoms with Crippen molar-refractivity contribution in [3.05, 3.63) is 28.5 Å². The molecule has 2 aromatic rings. The van der Waals surface area contributed by atoms with Crippen molar-refractivity contribution in [1.29, 1.82) is 0 Å². The van der Waals surface area contributed by atoms with Crippen LogP contribution in [0.25, 0.3) is 11.0 Å². The zero-order chi connectivity index (χ0) is 12.4. The quantitative estimate of drug-likeness (QED) is 0.902. The number of hydrogen-bond donors (Lipinski definition) is 1. The number of imidazole rings is 1. The Kier molecular flexibility index (Phi) is 3.64. The molecule has 0 amide bonds. The molecule has 0 bridgehead atoms. The van der Waals surface area contributed by atoms with Crippen molar-refractivity contribution in [2.45, 2.75) is 33.7 Å². The molecular weight excluding hydrogens is 230 g/mol. The van der Waals surface area contributed by atoms with Gasteiger partial charge in [0, 0.05) is 24.2 Å². The molecule has 0 radical (unpaired) electrons. The Morgan fingerprint density at radius 2 is 2.35 bits per heavy atom. The van der Waals surface area contributed by atoms with Crippen LogP contribution in [0.15, 0.2) is 17.2 Å². The molecule has 0 aromatic carbocycles. The van der Waals surface area contributed by atoms with Gasteiger partial charge in [0.05, 0.1) is 11.4 Å². The van der Waals surface area contributed by atoms with Crippen LogP contribution in [0.4, 0.5) is 0 Å². The largest absolute Gasteiger partial charge is 0.311 e. The molecule has 2 heterocycles. The van der Waals surface area contributed by atoms with E-state index >= 15 is 0 Å². The van der Waals surface area contributed by atoms with Crippen LogP contribution in [0, 0.1) is 6.92 Å². The lowest BCUT2D eigenvalue weighted by atomic mass is 10.2. The summed E-state index contributed by atoms with van der Waals surface area (Å²) in [5.41, 5.74) is 3.62. The van der Waals surface area contributed by atoms with E-state index in [1.807, 2.05) is 0 Å². The first-order chi connectivity index (χ1) is 8.08. The monoisotopic (exact) mass is 249 g/mol. The molecule has 2 aromatic heterocycles. The lowest BCUT2D eigenvalue weighted by Crippen LogP contribution is -2.24. The molecule has 0 fully saturated rings. The van der Waals surface area contributed by atoms with Crippen LogP contribution in [-0.2, 0) is 0 Å². The van der Waals surface area contributed by atoms with E-state index in [9.17, 15) is 0 Å². The zero-order valence-electron chi connectivity index (χ0n) is 10.8. The molecule has 17 heavy (non-hydrogen) atoms. The summed E-state index contributed by atoms with van der Waals surface area (Å²) in [5.74, 6) is 0. The molecule has 0 saturated heterocycles. The molecule has 0 aliphatic rings. The van der Waals surface area contributed by atoms with Gasteiger partial charge >= 0.3 is 0 Å². The maximum absolute atomic E-state index is 4.54. The van der Waals surface area contributed by atoms with Crippen molar-refractivity contribution in [2.24, 2.45) is 0 Å². The number of nitrogens with zero attached hydrogens (tertiary/aromatic N) is 2. The fourth-order valence-corrected chi connectivity index (χ4v) is 2.50. The average molecular weight is 249 g/mol. The molecule has 92 valence electrons. The highest BCUT2D eigenvalue weighted by Crippen LogP contribution is 2.18. The molecule has 0 aliphatic heterocycles. The molecule has 0 unspecified atom stereocenters. The molecule has 0 spiro atoms. The van der Waals surface area contributed by atoms with Gasteiger partial charge in [0.15, 0.2) is 4.96 Å². The second-order valence-electron chi connectivity index (χ2n) is 4.66. The number of fused-ring (bicyclic) bond motifs is 1. The van der Waals surface area contributed by atoms with E-state index < -0.39 is 0 Å². The summed E-state index contributed by atoms with van der Waals surface area (Å²) in [6.45, 7) is 9.46. The van der Waals surface area contributed by atoms with Gasteiger partial charge in [-0.25, -0.2) is 4.98 Å². The van der Waals surface area contributed by atoms with E-state index in [2.05, 4.69) is 60.0 Å². The maximum atomic E-state index is 4.54. The smallest absolute Gasteiger partial charge is 0.194 e. The van der Waals surface area contributed by atoms with E-state index in [0.29, 0.717) is 6.04 Å². The number of hydrogen-bond acceptors (Lipinski definition) is 3. The normalized spacial score (nSPS) is 12.9. The van der Waals surface area contributed by atoms with Crippen molar-refractivity contribution in [1.82, 2.24) is 14.7 Å². The molecular formula is C13H19N3S. The van der Waals surface area contributed by atoms with Crippen LogP contribution < -0.4 is 5.32 Å². The van der Waals surface area contributed by atoms with Gasteiger partial charge in [-0.05, 0) is 19.9 Å². The van der Waals surface area contributed by atoms with Gasteiger partial charge in [-0.15, -0.1) is 11.3 Å². The molecule has 0 saturated carbocycles. The van der Waals surface area contributed by atoms with Gasteiger partial charge in [0.1, 0.15) is 0 Å². The molecule has 1 N–H and O–H groups in total. The summed E-state index contributed by atoms with van der Waals surface area (Å²) >= 11 is 1.67. The number of aryl methyl sites for hydroxylation is 1. The standard InChI is InChI=1S/C13H19N3S/c1-9(2)14-8-10(3)7-12-11(4)15-13-16(12)5-6-17-13/h5-7,9,14H,8H2,1-4H3. The van der Waals surface area contributed by atoms with E-state index in [0.717, 1.165) is 17.2 Å². The zero-order valence-corrected chi connectivity index (χ0v) is 11.6. The van der Waals surface area contributed by atoms with E-state index in [-0.39, 0.29) is 0 Å². The highest BCUT2D eigenvalue weighted by atomic mass is 32.1. The summed E-state index contributed by atoms with van der Waals surface area (Å²) in [6.07, 6.45) is 4.30. The van der Waals surface area contributed by atoms with Gasteiger partial charge in [-0.1, -0.05) is 19.4 Å². The van der Waals surface area contributed by atoms with Gasteiger partial charge in [-0.2, -0.15) is 0 Å². The first-order valence-corrected chi connectivity index (χ1v) is 6.78. The Bertz CT molecular complexity index is 534. The summed E-state index contributed by atoms with van der Waals surface area (Å²) in [5, 5.41) is 5.49. The third kappa shape index (κ3) is 2.76. The Balaban J connectivity index is 2.24. The predicted molar refractivity (Wildman–Crippen MR) is 74.6 cm³/mol. The lowest BCUT2D eigenvalue weighted by Gasteiger charge is -2.08. The molecule has 2 rings (SSSR count). The van der Waals surface area contributed by atoms with Gasteiger partial charge < -0.3 is 5.32 Å². The van der Waals surface area contributed by atoms with Crippen molar-refractivity contribution in [3.63, 3.8) is 0 Å². The minimum absolute atomic E-state index is 0.519. The first kappa shape index (κ1) is 12.3. The van der Waals surface area contributed by atoms with Crippen molar-refractivity contribution < 1.29 is 0 Å². The number of aromatic nitrogens is 2. The predicted octanol–water partition coefficient (Wildman–Crippen LogP) is 3.11. The average Bonchev–Trinajstić information content (AvgIpc) is 2.79. The fourth-order valence-electron chi connectivity index (χ4n) is 1.73. The van der Waals surface area contributed by atoms with Crippen LogP contribution in [0.1, 0.15) is 32.2 Å². The van der Waals surface area contributed by atoms with Crippen LogP contribution in [0.3, 0.4) is 0 Å². The highest BCUT2D eigenvalue weighted by Gasteiger charge is 2.07. The molecule has 3 nitrogen and oxygen atoms in total. The van der Waals surface area contributed by atoms with Crippen LogP contribution in [0.2, 0.25) is 0 Å². The van der Waals surface area contributed by atoms with E-state index in [4.69, 9.17) is 0 Å². The van der Waals surface area contributed by atoms with Crippen LogP contribution >= 0.6 is 11.3 Å². The summed E-state index contributed by atoms with van der Waals surface area (Å²) < 4.78 is 2.15. The van der Waals surface area contributed by atoms with Crippen molar-refractivity contribution >= 4 is 22.4 Å². The Hall–Kier alpha value is -1.13. The summed E-state index contributed by atoms with van der Waals surface area (Å²) in [4.78, 5) is 5.61. The third-order valence-electron chi connectivity index (χ3n) is 2.66. The highest BCUT2D eigenvalue weighted by molar-refractivity contribution is 7.15. The van der Waals surface area contributed by atoms with Gasteiger partial charge in [-0.3, -0.25) is 4.40 Å². The minimum atomic E-state index is 0.519. The Morgan fingerprint density at radius 1 is 1.59 bits per heavy atom. The van der Waals surface area contributed by atoms with Crippen molar-refractivity contribution in [3.8, 4) is 0 Å². The van der Waals surface area contributed by atoms with Gasteiger partial charge in [0.2, 0.25) is 0 Å². The first-order valence-electron chi connectivity index (χ1n) is 5.90. The molecule has 0 aliphatic carbocycles. The molecule has 0 atom stereocenters. The van der Waals surface area contributed by atoms with E-state index in [1.165, 1.54) is 11.3 Å². The topological polar surface area (TPSA) is 29.3 Å². The SMILES string of the molecule is CC(=Cc1c(C)nc2sccn12)CNC(C)C. The Labute approximate surface area is 106 Å². The summed E-state index contributed by atoms with van der Waals surface area (Å²) in [7, 11) is 0. The molecule has 4 heteroatoms. The maximum Gasteiger partial charge on any atom is 0.194 e. The summed E-state index contributed by atoms with van der Waals surface area (Å²) in [6, 6.07) is 0.519. The second-order valence-corrected chi connectivity index (χ2v) is 5.54. The lowest BCUT2D eigenvalue weighted by molar-refractivity contribution is 0.622. The fraction of sp³-hybridized carbons (Fsp3) is 0.462. The number of thiazole rings is 1. The minimum Gasteiger partial charge on any atom is -0.311 e. The third-order valence-corrected chi connectivity index (χ3v) is 3.41. The van der Waals surface area contributed by atoms with Crippen LogP contribution in [-0.4, -0.2) is 22.0 Å². The van der Waals surface area contributed by atoms with Crippen LogP contribution in [0.5, 0.6) is 0 Å². The number of rotatable bonds is 4. The van der Waals surface area contributed by atoms with Gasteiger partial charge in [0.25, 0.3) is 0 Å². The number of nitrogens with one attached hydrogen (secondary N) is 1. The van der Waals surface area contributed by atoms with Crippen molar-refractivity contribution in [2.75, 3.05) is 6.54 Å². The van der Waals surface area contributed by atoms with E-state index in [1.54, 1.807) is 11.3 Å². The second kappa shape index (κ2) is 5.02. The Morgan fingerprint density at radius 3 is 3.06 bits per heavy atom.